The molecule has 0 aromatic carbocycles. The van der Waals surface area contributed by atoms with Gasteiger partial charge in [0.05, 0.1) is 5.56 Å². The van der Waals surface area contributed by atoms with E-state index < -0.39 is 5.97 Å². The Hall–Kier alpha value is -1.78. The lowest BCUT2D eigenvalue weighted by atomic mass is 9.95. The molecule has 1 aliphatic heterocycles. The van der Waals surface area contributed by atoms with E-state index in [0.717, 1.165) is 37.8 Å². The number of carboxylic acids is 1. The molecule has 1 aromatic heterocycles. The summed E-state index contributed by atoms with van der Waals surface area (Å²) >= 11 is 0. The van der Waals surface area contributed by atoms with Gasteiger partial charge in [-0.3, -0.25) is 4.79 Å². The van der Waals surface area contributed by atoms with Gasteiger partial charge in [0.25, 0.3) is 5.91 Å². The second kappa shape index (κ2) is 5.92. The Balaban J connectivity index is 1.83. The van der Waals surface area contributed by atoms with Gasteiger partial charge >= 0.3 is 5.97 Å². The largest absolute Gasteiger partial charge is 0.477 e. The van der Waals surface area contributed by atoms with E-state index >= 15 is 0 Å². The Morgan fingerprint density at radius 2 is 1.90 bits per heavy atom. The molecule has 2 heterocycles. The summed E-state index contributed by atoms with van der Waals surface area (Å²) < 4.78 is 1.81. The van der Waals surface area contributed by atoms with Crippen LogP contribution >= 0.6 is 0 Å². The molecule has 0 spiro atoms. The number of fused-ring (bicyclic) bond motifs is 1. The Kier molecular flexibility index (Phi) is 3.99. The van der Waals surface area contributed by atoms with Gasteiger partial charge in [-0.05, 0) is 38.2 Å². The van der Waals surface area contributed by atoms with Gasteiger partial charge in [-0.25, -0.2) is 4.79 Å². The van der Waals surface area contributed by atoms with Crippen LogP contribution in [0.1, 0.15) is 71.5 Å². The molecule has 0 radical (unpaired) electrons. The summed E-state index contributed by atoms with van der Waals surface area (Å²) in [6.45, 7) is 0.702. The van der Waals surface area contributed by atoms with Crippen LogP contribution in [0.25, 0.3) is 0 Å². The smallest absolute Gasteiger partial charge is 0.352 e. The second-order valence-corrected chi connectivity index (χ2v) is 6.11. The Morgan fingerprint density at radius 1 is 1.14 bits per heavy atom. The molecular formula is C16H22N2O3. The van der Waals surface area contributed by atoms with E-state index in [2.05, 4.69) is 5.32 Å². The quantitative estimate of drug-likeness (QED) is 0.898. The third kappa shape index (κ3) is 2.82. The predicted molar refractivity (Wildman–Crippen MR) is 78.7 cm³/mol. The standard InChI is InChI=1S/C16H22N2O3/c19-15(17-11-6-2-1-3-7-11)12-10-14(16(20)21)18-9-5-4-8-13(12)18/h10-11H,1-9H2,(H,17,19)(H,20,21). The average Bonchev–Trinajstić information content (AvgIpc) is 2.88. The molecule has 1 aromatic rings. The number of aromatic nitrogens is 1. The van der Waals surface area contributed by atoms with Crippen molar-refractivity contribution >= 4 is 11.9 Å². The molecule has 3 rings (SSSR count). The van der Waals surface area contributed by atoms with E-state index in [1.54, 1.807) is 6.07 Å². The first-order chi connectivity index (χ1) is 10.2. The van der Waals surface area contributed by atoms with Gasteiger partial charge in [0.2, 0.25) is 0 Å². The van der Waals surface area contributed by atoms with Gasteiger partial charge in [-0.15, -0.1) is 0 Å². The normalized spacial score (nSPS) is 19.0. The number of nitrogens with one attached hydrogen (secondary N) is 1. The van der Waals surface area contributed by atoms with Crippen LogP contribution in [0.2, 0.25) is 0 Å². The minimum atomic E-state index is -0.949. The molecule has 2 aliphatic rings. The van der Waals surface area contributed by atoms with Crippen molar-refractivity contribution in [2.45, 2.75) is 64.0 Å². The van der Waals surface area contributed by atoms with Crippen LogP contribution in [0, 0.1) is 0 Å². The first-order valence-electron chi connectivity index (χ1n) is 7.93. The Morgan fingerprint density at radius 3 is 2.62 bits per heavy atom. The van der Waals surface area contributed by atoms with Gasteiger partial charge in [0.15, 0.2) is 0 Å². The van der Waals surface area contributed by atoms with Crippen molar-refractivity contribution in [1.82, 2.24) is 9.88 Å². The van der Waals surface area contributed by atoms with Crippen molar-refractivity contribution in [3.63, 3.8) is 0 Å². The van der Waals surface area contributed by atoms with Crippen molar-refractivity contribution in [1.29, 1.82) is 0 Å². The maximum Gasteiger partial charge on any atom is 0.352 e. The predicted octanol–water partition coefficient (Wildman–Crippen LogP) is 2.59. The Labute approximate surface area is 124 Å². The summed E-state index contributed by atoms with van der Waals surface area (Å²) in [4.78, 5) is 23.8. The zero-order chi connectivity index (χ0) is 14.8. The average molecular weight is 290 g/mol. The van der Waals surface area contributed by atoms with Crippen molar-refractivity contribution in [3.05, 3.63) is 23.0 Å². The van der Waals surface area contributed by atoms with Crippen LogP contribution in [0.15, 0.2) is 6.07 Å². The van der Waals surface area contributed by atoms with Crippen LogP contribution in [-0.4, -0.2) is 27.6 Å². The molecule has 0 unspecified atom stereocenters. The number of aromatic carboxylic acids is 1. The van der Waals surface area contributed by atoms with Crippen LogP contribution in [0.4, 0.5) is 0 Å². The Bertz CT molecular complexity index is 556. The van der Waals surface area contributed by atoms with E-state index in [0.29, 0.717) is 12.1 Å². The molecule has 1 aliphatic carbocycles. The zero-order valence-corrected chi connectivity index (χ0v) is 12.2. The highest BCUT2D eigenvalue weighted by molar-refractivity contribution is 5.99. The molecule has 1 amide bonds. The molecule has 1 fully saturated rings. The van der Waals surface area contributed by atoms with Crippen molar-refractivity contribution in [2.24, 2.45) is 0 Å². The molecular weight excluding hydrogens is 268 g/mol. The monoisotopic (exact) mass is 290 g/mol. The maximum atomic E-state index is 12.5. The first kappa shape index (κ1) is 14.2. The summed E-state index contributed by atoms with van der Waals surface area (Å²) in [5.41, 5.74) is 1.71. The molecule has 0 saturated heterocycles. The lowest BCUT2D eigenvalue weighted by molar-refractivity contribution is 0.0683. The molecule has 5 nitrogen and oxygen atoms in total. The SMILES string of the molecule is O=C(NC1CCCCC1)c1cc(C(=O)O)n2c1CCCC2. The second-order valence-electron chi connectivity index (χ2n) is 6.11. The van der Waals surface area contributed by atoms with E-state index in [1.165, 1.54) is 19.3 Å². The fraction of sp³-hybridized carbons (Fsp3) is 0.625. The maximum absolute atomic E-state index is 12.5. The summed E-state index contributed by atoms with van der Waals surface area (Å²) in [6.07, 6.45) is 8.44. The van der Waals surface area contributed by atoms with Gasteiger partial charge in [-0.2, -0.15) is 0 Å². The van der Waals surface area contributed by atoms with E-state index in [9.17, 15) is 14.7 Å². The number of carboxylic acid groups (broad SMARTS) is 1. The van der Waals surface area contributed by atoms with Gasteiger partial charge in [0, 0.05) is 18.3 Å². The highest BCUT2D eigenvalue weighted by atomic mass is 16.4. The number of nitrogens with zero attached hydrogens (tertiary/aromatic N) is 1. The summed E-state index contributed by atoms with van der Waals surface area (Å²) in [7, 11) is 0. The summed E-state index contributed by atoms with van der Waals surface area (Å²) in [5, 5.41) is 12.4. The minimum absolute atomic E-state index is 0.0972. The number of carbonyl (C=O) groups excluding carboxylic acids is 1. The van der Waals surface area contributed by atoms with Crippen LogP contribution in [0.3, 0.4) is 0 Å². The number of carbonyl (C=O) groups is 2. The number of hydrogen-bond acceptors (Lipinski definition) is 2. The number of rotatable bonds is 3. The lowest BCUT2D eigenvalue weighted by Gasteiger charge is -2.23. The molecule has 114 valence electrons. The van der Waals surface area contributed by atoms with E-state index in [1.807, 2.05) is 4.57 Å². The van der Waals surface area contributed by atoms with Crippen molar-refractivity contribution in [2.75, 3.05) is 0 Å². The highest BCUT2D eigenvalue weighted by Crippen LogP contribution is 2.25. The fourth-order valence-corrected chi connectivity index (χ4v) is 3.56. The molecule has 2 N–H and O–H groups in total. The zero-order valence-electron chi connectivity index (χ0n) is 12.2. The van der Waals surface area contributed by atoms with Crippen LogP contribution in [0.5, 0.6) is 0 Å². The molecule has 1 saturated carbocycles. The minimum Gasteiger partial charge on any atom is -0.477 e. The van der Waals surface area contributed by atoms with Crippen LogP contribution in [-0.2, 0) is 13.0 Å². The molecule has 21 heavy (non-hydrogen) atoms. The first-order valence-corrected chi connectivity index (χ1v) is 7.93. The van der Waals surface area contributed by atoms with Gasteiger partial charge < -0.3 is 15.0 Å². The number of amides is 1. The lowest BCUT2D eigenvalue weighted by Crippen LogP contribution is -2.36. The van der Waals surface area contributed by atoms with Gasteiger partial charge in [-0.1, -0.05) is 19.3 Å². The van der Waals surface area contributed by atoms with Crippen LogP contribution < -0.4 is 5.32 Å². The molecule has 5 heteroatoms. The third-order valence-corrected chi connectivity index (χ3v) is 4.66. The fourth-order valence-electron chi connectivity index (χ4n) is 3.56. The number of hydrogen-bond donors (Lipinski definition) is 2. The van der Waals surface area contributed by atoms with Gasteiger partial charge in [0.1, 0.15) is 5.69 Å². The van der Waals surface area contributed by atoms with Crippen molar-refractivity contribution in [3.8, 4) is 0 Å². The highest BCUT2D eigenvalue weighted by Gasteiger charge is 2.26. The van der Waals surface area contributed by atoms with E-state index in [-0.39, 0.29) is 17.6 Å². The van der Waals surface area contributed by atoms with E-state index in [4.69, 9.17) is 0 Å². The van der Waals surface area contributed by atoms with Crippen molar-refractivity contribution < 1.29 is 14.7 Å². The third-order valence-electron chi connectivity index (χ3n) is 4.66. The molecule has 0 bridgehead atoms. The summed E-state index contributed by atoms with van der Waals surface area (Å²) in [5.74, 6) is -1.05. The summed E-state index contributed by atoms with van der Waals surface area (Å²) in [6, 6.07) is 1.81. The topological polar surface area (TPSA) is 71.3 Å². The molecule has 0 atom stereocenters.